The Labute approximate surface area is 116 Å². The Hall–Kier alpha value is -2.68. The van der Waals surface area contributed by atoms with Crippen molar-refractivity contribution in [2.24, 2.45) is 0 Å². The number of benzene rings is 2. The van der Waals surface area contributed by atoms with Crippen molar-refractivity contribution in [1.82, 2.24) is 14.5 Å². The first-order valence-corrected chi connectivity index (χ1v) is 6.64. The van der Waals surface area contributed by atoms with Gasteiger partial charge in [0.25, 0.3) is 0 Å². The Balaban J connectivity index is 1.85. The highest BCUT2D eigenvalue weighted by atomic mass is 15.0. The van der Waals surface area contributed by atoms with Gasteiger partial charge in [0, 0.05) is 18.1 Å². The van der Waals surface area contributed by atoms with Gasteiger partial charge in [0.2, 0.25) is 0 Å². The predicted molar refractivity (Wildman–Crippen MR) is 80.6 cm³/mol. The molecule has 0 N–H and O–H groups in total. The largest absolute Gasteiger partial charge is 0.326 e. The molecule has 2 heterocycles. The molecule has 4 aromatic rings. The lowest BCUT2D eigenvalue weighted by molar-refractivity contribution is 0.829. The molecule has 0 saturated carbocycles. The summed E-state index contributed by atoms with van der Waals surface area (Å²) in [4.78, 5) is 8.85. The molecule has 0 bridgehead atoms. The normalized spacial score (nSPS) is 11.2. The number of nitrogens with zero attached hydrogens (tertiary/aromatic N) is 3. The number of imidazole rings is 1. The Bertz CT molecular complexity index is 887. The van der Waals surface area contributed by atoms with Gasteiger partial charge in [-0.1, -0.05) is 30.3 Å². The van der Waals surface area contributed by atoms with Gasteiger partial charge in [0.05, 0.1) is 22.9 Å². The molecule has 0 atom stereocenters. The second kappa shape index (κ2) is 4.46. The van der Waals surface area contributed by atoms with E-state index in [-0.39, 0.29) is 0 Å². The van der Waals surface area contributed by atoms with Gasteiger partial charge >= 0.3 is 0 Å². The molecule has 0 saturated heterocycles. The third-order valence-electron chi connectivity index (χ3n) is 3.61. The van der Waals surface area contributed by atoms with Crippen molar-refractivity contribution in [1.29, 1.82) is 0 Å². The van der Waals surface area contributed by atoms with E-state index in [2.05, 4.69) is 38.8 Å². The van der Waals surface area contributed by atoms with Crippen molar-refractivity contribution < 1.29 is 0 Å². The zero-order chi connectivity index (χ0) is 13.4. The topological polar surface area (TPSA) is 30.7 Å². The number of aromatic nitrogens is 3. The van der Waals surface area contributed by atoms with Crippen LogP contribution < -0.4 is 0 Å². The van der Waals surface area contributed by atoms with Crippen LogP contribution in [0.3, 0.4) is 0 Å². The second-order valence-corrected chi connectivity index (χ2v) is 4.85. The van der Waals surface area contributed by atoms with Gasteiger partial charge < -0.3 is 4.57 Å². The molecular weight excluding hydrogens is 246 g/mol. The summed E-state index contributed by atoms with van der Waals surface area (Å²) in [6, 6.07) is 18.5. The summed E-state index contributed by atoms with van der Waals surface area (Å²) >= 11 is 0. The van der Waals surface area contributed by atoms with Crippen LogP contribution in [-0.4, -0.2) is 14.5 Å². The summed E-state index contributed by atoms with van der Waals surface area (Å²) in [6.45, 7) is 0.809. The summed E-state index contributed by atoms with van der Waals surface area (Å²) in [5, 5.41) is 1.20. The van der Waals surface area contributed by atoms with Crippen molar-refractivity contribution in [2.45, 2.75) is 6.54 Å². The van der Waals surface area contributed by atoms with Crippen LogP contribution in [-0.2, 0) is 6.54 Å². The van der Waals surface area contributed by atoms with E-state index >= 15 is 0 Å². The van der Waals surface area contributed by atoms with Crippen molar-refractivity contribution >= 4 is 21.9 Å². The predicted octanol–water partition coefficient (Wildman–Crippen LogP) is 3.63. The Morgan fingerprint density at radius 3 is 2.55 bits per heavy atom. The van der Waals surface area contributed by atoms with E-state index in [4.69, 9.17) is 0 Å². The molecule has 0 spiro atoms. The lowest BCUT2D eigenvalue weighted by Crippen LogP contribution is -1.99. The third kappa shape index (κ3) is 1.75. The fraction of sp³-hybridized carbons (Fsp3) is 0.0588. The number of hydrogen-bond acceptors (Lipinski definition) is 2. The van der Waals surface area contributed by atoms with Crippen LogP contribution in [0, 0.1) is 0 Å². The summed E-state index contributed by atoms with van der Waals surface area (Å²) < 4.78 is 2.18. The second-order valence-electron chi connectivity index (χ2n) is 4.85. The summed E-state index contributed by atoms with van der Waals surface area (Å²) in [7, 11) is 0. The highest BCUT2D eigenvalue weighted by molar-refractivity contribution is 5.82. The molecule has 0 aliphatic rings. The maximum absolute atomic E-state index is 4.44. The Kier molecular flexibility index (Phi) is 2.49. The van der Waals surface area contributed by atoms with Crippen LogP contribution in [0.15, 0.2) is 67.1 Å². The van der Waals surface area contributed by atoms with E-state index in [1.165, 1.54) is 10.9 Å². The van der Waals surface area contributed by atoms with Gasteiger partial charge in [-0.25, -0.2) is 4.98 Å². The number of hydrogen-bond donors (Lipinski definition) is 0. The summed E-state index contributed by atoms with van der Waals surface area (Å²) in [6.07, 6.45) is 3.77. The van der Waals surface area contributed by atoms with Crippen LogP contribution in [0.4, 0.5) is 0 Å². The standard InChI is InChI=1S/C17H13N3/c1-2-6-15-14(5-1)13(9-10-18-15)11-20-12-19-16-7-3-4-8-17(16)20/h1-10,12H,11H2. The van der Waals surface area contributed by atoms with Crippen molar-refractivity contribution in [2.75, 3.05) is 0 Å². The number of para-hydroxylation sites is 3. The Morgan fingerprint density at radius 2 is 1.60 bits per heavy atom. The maximum atomic E-state index is 4.44. The van der Waals surface area contributed by atoms with Crippen LogP contribution in [0.2, 0.25) is 0 Å². The minimum absolute atomic E-state index is 0.809. The molecule has 3 heteroatoms. The molecule has 2 aromatic heterocycles. The molecule has 4 rings (SSSR count). The average molecular weight is 259 g/mol. The van der Waals surface area contributed by atoms with E-state index in [1.54, 1.807) is 0 Å². The van der Waals surface area contributed by atoms with Crippen molar-refractivity contribution in [3.8, 4) is 0 Å². The van der Waals surface area contributed by atoms with Crippen molar-refractivity contribution in [3.63, 3.8) is 0 Å². The zero-order valence-corrected chi connectivity index (χ0v) is 10.9. The highest BCUT2D eigenvalue weighted by Gasteiger charge is 2.05. The lowest BCUT2D eigenvalue weighted by atomic mass is 10.1. The van der Waals surface area contributed by atoms with Crippen LogP contribution in [0.25, 0.3) is 21.9 Å². The fourth-order valence-corrected chi connectivity index (χ4v) is 2.61. The molecule has 0 aliphatic carbocycles. The molecule has 0 fully saturated rings. The van der Waals surface area contributed by atoms with Gasteiger partial charge in [-0.05, 0) is 29.8 Å². The monoisotopic (exact) mass is 259 g/mol. The van der Waals surface area contributed by atoms with E-state index < -0.39 is 0 Å². The van der Waals surface area contributed by atoms with Gasteiger partial charge in [-0.2, -0.15) is 0 Å². The lowest BCUT2D eigenvalue weighted by Gasteiger charge is -2.07. The first-order chi connectivity index (χ1) is 9.92. The minimum atomic E-state index is 0.809. The molecule has 0 amide bonds. The molecule has 0 radical (unpaired) electrons. The number of pyridine rings is 1. The van der Waals surface area contributed by atoms with E-state index in [0.29, 0.717) is 0 Å². The number of rotatable bonds is 2. The molecular formula is C17H13N3. The maximum Gasteiger partial charge on any atom is 0.0961 e. The quantitative estimate of drug-likeness (QED) is 0.550. The SMILES string of the molecule is c1ccc2c(Cn3cnc4ccccc43)ccnc2c1. The molecule has 96 valence electrons. The first-order valence-electron chi connectivity index (χ1n) is 6.64. The summed E-state index contributed by atoms with van der Waals surface area (Å²) in [5.41, 5.74) is 4.49. The fourth-order valence-electron chi connectivity index (χ4n) is 2.61. The highest BCUT2D eigenvalue weighted by Crippen LogP contribution is 2.19. The van der Waals surface area contributed by atoms with E-state index in [0.717, 1.165) is 23.1 Å². The summed E-state index contributed by atoms with van der Waals surface area (Å²) in [5.74, 6) is 0. The minimum Gasteiger partial charge on any atom is -0.326 e. The molecule has 2 aromatic carbocycles. The third-order valence-corrected chi connectivity index (χ3v) is 3.61. The Morgan fingerprint density at radius 1 is 0.800 bits per heavy atom. The van der Waals surface area contributed by atoms with Crippen LogP contribution >= 0.6 is 0 Å². The molecule has 0 unspecified atom stereocenters. The smallest absolute Gasteiger partial charge is 0.0961 e. The van der Waals surface area contributed by atoms with Gasteiger partial charge in [-0.3, -0.25) is 4.98 Å². The van der Waals surface area contributed by atoms with Crippen LogP contribution in [0.5, 0.6) is 0 Å². The molecule has 3 nitrogen and oxygen atoms in total. The average Bonchev–Trinajstić information content (AvgIpc) is 2.91. The number of fused-ring (bicyclic) bond motifs is 2. The van der Waals surface area contributed by atoms with E-state index in [9.17, 15) is 0 Å². The van der Waals surface area contributed by atoms with Gasteiger partial charge in [-0.15, -0.1) is 0 Å². The van der Waals surface area contributed by atoms with Crippen LogP contribution in [0.1, 0.15) is 5.56 Å². The van der Waals surface area contributed by atoms with Gasteiger partial charge in [0.1, 0.15) is 0 Å². The van der Waals surface area contributed by atoms with Gasteiger partial charge in [0.15, 0.2) is 0 Å². The van der Waals surface area contributed by atoms with Crippen molar-refractivity contribution in [3.05, 3.63) is 72.7 Å². The zero-order valence-electron chi connectivity index (χ0n) is 10.9. The molecule has 20 heavy (non-hydrogen) atoms. The first kappa shape index (κ1) is 11.2. The molecule has 0 aliphatic heterocycles. The van der Waals surface area contributed by atoms with E-state index in [1.807, 2.05) is 42.9 Å².